The number of hydrogen-bond acceptors (Lipinski definition) is 5. The summed E-state index contributed by atoms with van der Waals surface area (Å²) >= 11 is 0. The second kappa shape index (κ2) is 11.9. The first kappa shape index (κ1) is 36.5. The van der Waals surface area contributed by atoms with Gasteiger partial charge in [-0.2, -0.15) is 65.9 Å². The lowest BCUT2D eigenvalue weighted by Gasteiger charge is -2.40. The smallest absolute Gasteiger partial charge is 0.461 e. The van der Waals surface area contributed by atoms with Crippen LogP contribution in [-0.2, 0) is 22.8 Å². The standard InChI is InChI=1S/C17H21F15O5Si/c1-4-35-38(36-5-2,37-6-3)9-7-8-34-10(33)11(18,19)12(20,21)13(22,23)14(24,25)15(26,27)16(28,29)17(30,31)32/h4-9H2,1-3H3. The molecule has 0 saturated carbocycles. The highest BCUT2D eigenvalue weighted by atomic mass is 28.4. The van der Waals surface area contributed by atoms with Crippen molar-refractivity contribution in [3.63, 3.8) is 0 Å². The predicted molar refractivity (Wildman–Crippen MR) is 96.8 cm³/mol. The molecule has 5 nitrogen and oxygen atoms in total. The van der Waals surface area contributed by atoms with Crippen molar-refractivity contribution in [3.05, 3.63) is 0 Å². The number of carbonyl (C=O) groups is 1. The van der Waals surface area contributed by atoms with E-state index in [1.807, 2.05) is 0 Å². The Bertz CT molecular complexity index is 771. The van der Waals surface area contributed by atoms with Crippen LogP contribution >= 0.6 is 0 Å². The van der Waals surface area contributed by atoms with Gasteiger partial charge in [0.15, 0.2) is 0 Å². The van der Waals surface area contributed by atoms with Crippen LogP contribution < -0.4 is 0 Å². The van der Waals surface area contributed by atoms with Crippen molar-refractivity contribution in [2.75, 3.05) is 26.4 Å². The maximum absolute atomic E-state index is 13.8. The average molecular weight is 618 g/mol. The molecule has 228 valence electrons. The van der Waals surface area contributed by atoms with Gasteiger partial charge in [0.2, 0.25) is 0 Å². The van der Waals surface area contributed by atoms with Gasteiger partial charge in [-0.3, -0.25) is 0 Å². The summed E-state index contributed by atoms with van der Waals surface area (Å²) in [5.41, 5.74) is 0. The van der Waals surface area contributed by atoms with E-state index in [2.05, 4.69) is 4.74 Å². The summed E-state index contributed by atoms with van der Waals surface area (Å²) in [5.74, 6) is -52.1. The number of esters is 1. The normalized spacial score (nSPS) is 15.1. The molecule has 0 aromatic rings. The highest BCUT2D eigenvalue weighted by molar-refractivity contribution is 6.60. The molecule has 0 aliphatic heterocycles. The van der Waals surface area contributed by atoms with Gasteiger partial charge in [-0.25, -0.2) is 4.79 Å². The average Bonchev–Trinajstić information content (AvgIpc) is 2.75. The van der Waals surface area contributed by atoms with Crippen molar-refractivity contribution >= 4 is 14.8 Å². The molecular weight excluding hydrogens is 597 g/mol. The molecule has 0 aromatic heterocycles. The van der Waals surface area contributed by atoms with Gasteiger partial charge in [0.25, 0.3) is 0 Å². The molecule has 0 aliphatic rings. The Balaban J connectivity index is 5.93. The second-order valence-corrected chi connectivity index (χ2v) is 9.90. The summed E-state index contributed by atoms with van der Waals surface area (Å²) in [6, 6.07) is -0.356. The van der Waals surface area contributed by atoms with Crippen LogP contribution in [0.3, 0.4) is 0 Å². The van der Waals surface area contributed by atoms with Gasteiger partial charge in [-0.05, 0) is 27.2 Å². The van der Waals surface area contributed by atoms with Crippen molar-refractivity contribution in [2.24, 2.45) is 0 Å². The molecule has 0 unspecified atom stereocenters. The molecule has 0 rings (SSSR count). The van der Waals surface area contributed by atoms with Crippen LogP contribution in [0, 0.1) is 0 Å². The lowest BCUT2D eigenvalue weighted by molar-refractivity contribution is -0.450. The SMILES string of the molecule is CCO[Si](CCCOC(=O)C(F)(F)C(F)(F)C(F)(F)C(F)(F)C(F)(F)C(F)(F)C(F)(F)F)(OCC)OCC. The molecule has 0 radical (unpaired) electrons. The minimum atomic E-state index is -8.48. The maximum Gasteiger partial charge on any atom is 0.501 e. The molecule has 0 aliphatic carbocycles. The first-order valence-corrected chi connectivity index (χ1v) is 12.2. The number of alkyl halides is 15. The summed E-state index contributed by atoms with van der Waals surface area (Å²) in [6.45, 7) is 3.05. The third-order valence-electron chi connectivity index (χ3n) is 4.54. The number of rotatable bonds is 16. The molecule has 0 fully saturated rings. The molecule has 0 aromatic carbocycles. The fraction of sp³-hybridized carbons (Fsp3) is 0.941. The largest absolute Gasteiger partial charge is 0.501 e. The van der Waals surface area contributed by atoms with Crippen molar-refractivity contribution in [3.8, 4) is 0 Å². The summed E-state index contributed by atoms with van der Waals surface area (Å²) in [7, 11) is -3.55. The Hall–Kier alpha value is -1.48. The van der Waals surface area contributed by atoms with E-state index in [0.717, 1.165) is 0 Å². The first-order valence-electron chi connectivity index (χ1n) is 10.2. The van der Waals surface area contributed by atoms with Crippen LogP contribution in [0.5, 0.6) is 0 Å². The Kier molecular flexibility index (Phi) is 11.5. The van der Waals surface area contributed by atoms with Crippen molar-refractivity contribution in [1.29, 1.82) is 0 Å². The van der Waals surface area contributed by atoms with E-state index >= 15 is 0 Å². The lowest BCUT2D eigenvalue weighted by Crippen LogP contribution is -2.73. The zero-order valence-corrected chi connectivity index (χ0v) is 20.5. The maximum atomic E-state index is 13.8. The molecule has 0 heterocycles. The zero-order chi connectivity index (χ0) is 30.6. The number of halogens is 15. The van der Waals surface area contributed by atoms with Crippen LogP contribution in [0.1, 0.15) is 27.2 Å². The molecule has 0 bridgehead atoms. The van der Waals surface area contributed by atoms with Crippen molar-refractivity contribution in [2.45, 2.75) is 74.9 Å². The quantitative estimate of drug-likeness (QED) is 0.0875. The van der Waals surface area contributed by atoms with E-state index in [-0.39, 0.29) is 25.9 Å². The van der Waals surface area contributed by atoms with Crippen molar-refractivity contribution in [1.82, 2.24) is 0 Å². The van der Waals surface area contributed by atoms with E-state index in [1.165, 1.54) is 20.8 Å². The van der Waals surface area contributed by atoms with Crippen LogP contribution in [0.25, 0.3) is 0 Å². The van der Waals surface area contributed by atoms with Crippen LogP contribution in [0.4, 0.5) is 65.9 Å². The summed E-state index contributed by atoms with van der Waals surface area (Å²) in [4.78, 5) is 11.4. The van der Waals surface area contributed by atoms with Crippen LogP contribution in [0.15, 0.2) is 0 Å². The van der Waals surface area contributed by atoms with E-state index in [1.54, 1.807) is 0 Å². The molecule has 0 spiro atoms. The molecular formula is C17H21F15O5Si. The molecule has 0 atom stereocenters. The Morgan fingerprint density at radius 3 is 1.26 bits per heavy atom. The summed E-state index contributed by atoms with van der Waals surface area (Å²) in [6.07, 6.45) is -8.32. The first-order chi connectivity index (χ1) is 16.8. The fourth-order valence-electron chi connectivity index (χ4n) is 2.64. The van der Waals surface area contributed by atoms with Gasteiger partial charge in [0, 0.05) is 25.9 Å². The Labute approximate surface area is 205 Å². The number of ether oxygens (including phenoxy) is 1. The van der Waals surface area contributed by atoms with Gasteiger partial charge in [0.05, 0.1) is 6.61 Å². The monoisotopic (exact) mass is 618 g/mol. The van der Waals surface area contributed by atoms with Crippen LogP contribution in [-0.4, -0.2) is 82.9 Å². The zero-order valence-electron chi connectivity index (χ0n) is 19.5. The van der Waals surface area contributed by atoms with E-state index in [4.69, 9.17) is 13.3 Å². The fourth-order valence-corrected chi connectivity index (χ4v) is 5.22. The predicted octanol–water partition coefficient (Wildman–Crippen LogP) is 6.34. The van der Waals surface area contributed by atoms with E-state index in [9.17, 15) is 70.7 Å². The summed E-state index contributed by atoms with van der Waals surface area (Å²) in [5, 5.41) is 0. The van der Waals surface area contributed by atoms with Crippen molar-refractivity contribution < 1.29 is 88.7 Å². The molecule has 38 heavy (non-hydrogen) atoms. The molecule has 0 saturated heterocycles. The van der Waals surface area contributed by atoms with Gasteiger partial charge in [0.1, 0.15) is 0 Å². The van der Waals surface area contributed by atoms with Gasteiger partial charge < -0.3 is 18.0 Å². The molecule has 21 heteroatoms. The topological polar surface area (TPSA) is 54.0 Å². The Morgan fingerprint density at radius 1 is 0.579 bits per heavy atom. The second-order valence-electron chi connectivity index (χ2n) is 7.17. The molecule has 0 amide bonds. The van der Waals surface area contributed by atoms with E-state index in [0.29, 0.717) is 0 Å². The number of hydrogen-bond donors (Lipinski definition) is 0. The highest BCUT2D eigenvalue weighted by Gasteiger charge is 2.94. The van der Waals surface area contributed by atoms with Gasteiger partial charge >= 0.3 is 56.5 Å². The van der Waals surface area contributed by atoms with Gasteiger partial charge in [-0.1, -0.05) is 0 Å². The van der Waals surface area contributed by atoms with Gasteiger partial charge in [-0.15, -0.1) is 0 Å². The highest BCUT2D eigenvalue weighted by Crippen LogP contribution is 2.62. The number of carbonyl (C=O) groups excluding carboxylic acids is 1. The lowest BCUT2D eigenvalue weighted by atomic mass is 9.91. The molecule has 0 N–H and O–H groups in total. The Morgan fingerprint density at radius 2 is 0.921 bits per heavy atom. The van der Waals surface area contributed by atoms with E-state index < -0.39 is 69.5 Å². The third kappa shape index (κ3) is 6.29. The summed E-state index contributed by atoms with van der Waals surface area (Å²) < 4.78 is 217. The minimum absolute atomic E-state index is 0.0163. The minimum Gasteiger partial charge on any atom is -0.461 e. The van der Waals surface area contributed by atoms with Crippen LogP contribution in [0.2, 0.25) is 6.04 Å². The third-order valence-corrected chi connectivity index (χ3v) is 7.69.